The van der Waals surface area contributed by atoms with Crippen molar-refractivity contribution in [2.45, 2.75) is 32.9 Å². The molecule has 0 aliphatic carbocycles. The highest BCUT2D eigenvalue weighted by molar-refractivity contribution is 7.91. The predicted octanol–water partition coefficient (Wildman–Crippen LogP) is 3.92. The molecule has 2 N–H and O–H groups in total. The average Bonchev–Trinajstić information content (AvgIpc) is 3.14. The Labute approximate surface area is 172 Å². The summed E-state index contributed by atoms with van der Waals surface area (Å²) in [6, 6.07) is 10.9. The standard InChI is InChI=1S/C20H28N4O4S/c1-4-9-17(14-27-19-12-13-24(5-2)22-19)15-29(21,26)23-20(25)28-16(3)18-10-7-6-8-11-18/h4,6-8,10-13,16-17H,1,5,9,14-15H2,2-3H3,(H2,21,23,25,26)/t16-,17+,29?/m0/s1. The highest BCUT2D eigenvalue weighted by atomic mass is 32.2. The van der Waals surface area contributed by atoms with Gasteiger partial charge in [0.05, 0.1) is 12.4 Å². The Hall–Kier alpha value is -2.81. The van der Waals surface area contributed by atoms with Crippen LogP contribution in [0.5, 0.6) is 5.88 Å². The zero-order chi connectivity index (χ0) is 21.3. The number of aromatic nitrogens is 2. The van der Waals surface area contributed by atoms with Gasteiger partial charge in [-0.3, -0.25) is 4.68 Å². The van der Waals surface area contributed by atoms with Crippen molar-refractivity contribution in [2.24, 2.45) is 5.92 Å². The van der Waals surface area contributed by atoms with E-state index >= 15 is 0 Å². The monoisotopic (exact) mass is 420 g/mol. The number of ether oxygens (including phenoxy) is 2. The topological polar surface area (TPSA) is 106 Å². The second-order valence-electron chi connectivity index (χ2n) is 6.61. The number of nitrogens with zero attached hydrogens (tertiary/aromatic N) is 2. The molecule has 0 saturated heterocycles. The number of nitrogens with one attached hydrogen (secondary N) is 2. The van der Waals surface area contributed by atoms with Gasteiger partial charge in [0, 0.05) is 24.7 Å². The lowest BCUT2D eigenvalue weighted by Gasteiger charge is -2.19. The second-order valence-corrected chi connectivity index (χ2v) is 8.50. The van der Waals surface area contributed by atoms with Crippen LogP contribution in [0.1, 0.15) is 31.9 Å². The lowest BCUT2D eigenvalue weighted by Crippen LogP contribution is -2.36. The van der Waals surface area contributed by atoms with Crippen molar-refractivity contribution in [3.63, 3.8) is 0 Å². The lowest BCUT2D eigenvalue weighted by atomic mass is 10.1. The third-order valence-corrected chi connectivity index (χ3v) is 5.62. The largest absolute Gasteiger partial charge is 0.476 e. The predicted molar refractivity (Wildman–Crippen MR) is 112 cm³/mol. The quantitative estimate of drug-likeness (QED) is 0.536. The van der Waals surface area contributed by atoms with Crippen molar-refractivity contribution >= 4 is 16.0 Å². The number of benzene rings is 1. The molecule has 1 aromatic heterocycles. The number of carbonyl (C=O) groups excluding carboxylic acids is 1. The van der Waals surface area contributed by atoms with E-state index in [2.05, 4.69) is 16.4 Å². The van der Waals surface area contributed by atoms with Crippen molar-refractivity contribution in [1.82, 2.24) is 14.5 Å². The third-order valence-electron chi connectivity index (χ3n) is 4.18. The van der Waals surface area contributed by atoms with Gasteiger partial charge in [0.25, 0.3) is 0 Å². The van der Waals surface area contributed by atoms with Crippen molar-refractivity contribution in [3.05, 3.63) is 60.8 Å². The van der Waals surface area contributed by atoms with E-state index in [0.717, 1.165) is 12.1 Å². The SMILES string of the molecule is C=CC[C@H](COc1ccn(CC)n1)CS(=N)(=O)NC(=O)O[C@@H](C)c1ccccc1. The summed E-state index contributed by atoms with van der Waals surface area (Å²) >= 11 is 0. The zero-order valence-corrected chi connectivity index (χ0v) is 17.6. The summed E-state index contributed by atoms with van der Waals surface area (Å²) in [6.07, 6.45) is 2.55. The first-order chi connectivity index (χ1) is 13.8. The Morgan fingerprint density at radius 3 is 2.72 bits per heavy atom. The molecule has 0 spiro atoms. The molecule has 3 atom stereocenters. The Kier molecular flexibility index (Phi) is 8.26. The van der Waals surface area contributed by atoms with Gasteiger partial charge in [-0.1, -0.05) is 36.4 Å². The van der Waals surface area contributed by atoms with Gasteiger partial charge in [0.1, 0.15) is 16.0 Å². The Bertz CT molecular complexity index is 896. The van der Waals surface area contributed by atoms with Crippen LogP contribution in [-0.2, 0) is 21.2 Å². The minimum Gasteiger partial charge on any atom is -0.476 e. The molecule has 0 aliphatic heterocycles. The van der Waals surface area contributed by atoms with Crippen LogP contribution in [0.2, 0.25) is 0 Å². The van der Waals surface area contributed by atoms with Gasteiger partial charge in [0.2, 0.25) is 5.88 Å². The van der Waals surface area contributed by atoms with Crippen LogP contribution < -0.4 is 9.46 Å². The number of hydrogen-bond donors (Lipinski definition) is 2. The van der Waals surface area contributed by atoms with E-state index < -0.39 is 22.1 Å². The molecule has 158 valence electrons. The van der Waals surface area contributed by atoms with Crippen LogP contribution in [0.15, 0.2) is 55.3 Å². The molecule has 29 heavy (non-hydrogen) atoms. The van der Waals surface area contributed by atoms with E-state index in [4.69, 9.17) is 14.3 Å². The van der Waals surface area contributed by atoms with E-state index in [1.54, 1.807) is 29.9 Å². The lowest BCUT2D eigenvalue weighted by molar-refractivity contribution is 0.113. The Morgan fingerprint density at radius 1 is 1.38 bits per heavy atom. The number of rotatable bonds is 11. The molecule has 2 rings (SSSR count). The Morgan fingerprint density at radius 2 is 2.10 bits per heavy atom. The molecule has 2 aromatic rings. The molecule has 0 saturated carbocycles. The van der Waals surface area contributed by atoms with Crippen LogP contribution in [0.25, 0.3) is 0 Å². The molecule has 0 fully saturated rings. The minimum atomic E-state index is -3.41. The van der Waals surface area contributed by atoms with Crippen molar-refractivity contribution in [1.29, 1.82) is 4.78 Å². The molecule has 0 aliphatic rings. The first-order valence-corrected chi connectivity index (χ1v) is 11.1. The van der Waals surface area contributed by atoms with Crippen molar-refractivity contribution in [2.75, 3.05) is 12.4 Å². The summed E-state index contributed by atoms with van der Waals surface area (Å²) in [5.74, 6) is 0.111. The highest BCUT2D eigenvalue weighted by Crippen LogP contribution is 2.17. The van der Waals surface area contributed by atoms with Crippen LogP contribution in [0, 0.1) is 10.7 Å². The summed E-state index contributed by atoms with van der Waals surface area (Å²) in [4.78, 5) is 12.1. The second kappa shape index (κ2) is 10.7. The average molecular weight is 421 g/mol. The van der Waals surface area contributed by atoms with Gasteiger partial charge < -0.3 is 9.47 Å². The first kappa shape index (κ1) is 22.5. The van der Waals surface area contributed by atoms with Crippen molar-refractivity contribution in [3.8, 4) is 5.88 Å². The summed E-state index contributed by atoms with van der Waals surface area (Å²) in [5.41, 5.74) is 0.809. The molecular weight excluding hydrogens is 392 g/mol. The van der Waals surface area contributed by atoms with Gasteiger partial charge in [0.15, 0.2) is 0 Å². The number of amides is 1. The fourth-order valence-corrected chi connectivity index (χ4v) is 4.00. The normalized spacial score (nSPS) is 15.0. The molecule has 1 amide bonds. The van der Waals surface area contributed by atoms with Gasteiger partial charge in [-0.25, -0.2) is 18.5 Å². The molecule has 1 heterocycles. The Balaban J connectivity index is 1.89. The number of carbonyl (C=O) groups is 1. The van der Waals surface area contributed by atoms with E-state index in [1.807, 2.05) is 37.3 Å². The van der Waals surface area contributed by atoms with Crippen LogP contribution in [-0.4, -0.2) is 32.4 Å². The summed E-state index contributed by atoms with van der Waals surface area (Å²) in [6.45, 7) is 8.31. The smallest absolute Gasteiger partial charge is 0.420 e. The fourth-order valence-electron chi connectivity index (χ4n) is 2.70. The molecule has 8 nitrogen and oxygen atoms in total. The third kappa shape index (κ3) is 7.61. The zero-order valence-electron chi connectivity index (χ0n) is 16.7. The van der Waals surface area contributed by atoms with E-state index in [-0.39, 0.29) is 18.3 Å². The maximum Gasteiger partial charge on any atom is 0.420 e. The van der Waals surface area contributed by atoms with Crippen LogP contribution in [0.4, 0.5) is 4.79 Å². The van der Waals surface area contributed by atoms with Crippen LogP contribution >= 0.6 is 0 Å². The van der Waals surface area contributed by atoms with E-state index in [1.165, 1.54) is 0 Å². The number of aryl methyl sites for hydroxylation is 1. The van der Waals surface area contributed by atoms with E-state index in [9.17, 15) is 9.00 Å². The summed E-state index contributed by atoms with van der Waals surface area (Å²) in [7, 11) is -3.41. The van der Waals surface area contributed by atoms with Crippen LogP contribution in [0.3, 0.4) is 0 Å². The maximum absolute atomic E-state index is 12.6. The number of hydrogen-bond acceptors (Lipinski definition) is 6. The maximum atomic E-state index is 12.6. The molecular formula is C20H28N4O4S. The molecule has 9 heteroatoms. The van der Waals surface area contributed by atoms with Gasteiger partial charge in [-0.15, -0.1) is 11.7 Å². The minimum absolute atomic E-state index is 0.0810. The number of allylic oxidation sites excluding steroid dienone is 1. The van der Waals surface area contributed by atoms with Gasteiger partial charge in [-0.2, -0.15) is 0 Å². The van der Waals surface area contributed by atoms with Gasteiger partial charge in [-0.05, 0) is 25.8 Å². The van der Waals surface area contributed by atoms with Gasteiger partial charge >= 0.3 is 6.09 Å². The van der Waals surface area contributed by atoms with Crippen molar-refractivity contribution < 1.29 is 18.5 Å². The van der Waals surface area contributed by atoms with E-state index in [0.29, 0.717) is 12.3 Å². The molecule has 1 unspecified atom stereocenters. The molecule has 0 radical (unpaired) electrons. The first-order valence-electron chi connectivity index (χ1n) is 9.40. The summed E-state index contributed by atoms with van der Waals surface area (Å²) in [5, 5.41) is 4.23. The summed E-state index contributed by atoms with van der Waals surface area (Å²) < 4.78 is 35.4. The molecule has 1 aromatic carbocycles. The highest BCUT2D eigenvalue weighted by Gasteiger charge is 2.21. The molecule has 0 bridgehead atoms. The fraction of sp³-hybridized carbons (Fsp3) is 0.400.